The minimum atomic E-state index is -1.05. The fourth-order valence-corrected chi connectivity index (χ4v) is 6.72. The molecule has 4 amide bonds. The Bertz CT molecular complexity index is 1620. The van der Waals surface area contributed by atoms with Crippen LogP contribution in [0.1, 0.15) is 66.7 Å². The van der Waals surface area contributed by atoms with Crippen LogP contribution in [-0.4, -0.2) is 69.3 Å². The van der Waals surface area contributed by atoms with Gasteiger partial charge in [-0.3, -0.25) is 9.78 Å². The second-order valence-electron chi connectivity index (χ2n) is 13.0. The highest BCUT2D eigenvalue weighted by Crippen LogP contribution is 2.20. The van der Waals surface area contributed by atoms with Crippen LogP contribution >= 0.6 is 22.7 Å². The quantitative estimate of drug-likeness (QED) is 0.0993. The van der Waals surface area contributed by atoms with E-state index < -0.39 is 30.3 Å². The summed E-state index contributed by atoms with van der Waals surface area (Å²) in [5.74, 6) is -0.277. The Balaban J connectivity index is 1.46. The average molecular weight is 724 g/mol. The number of aliphatic hydroxyl groups is 1. The third-order valence-electron chi connectivity index (χ3n) is 8.13. The van der Waals surface area contributed by atoms with Gasteiger partial charge >= 0.3 is 12.1 Å². The Hall–Kier alpha value is -4.33. The molecular formula is C37H48N6O5S2. The normalized spacial score (nSPS) is 13.7. The van der Waals surface area contributed by atoms with Crippen LogP contribution in [0.4, 0.5) is 9.59 Å². The molecule has 0 saturated heterocycles. The molecule has 0 radical (unpaired) electrons. The summed E-state index contributed by atoms with van der Waals surface area (Å²) in [4.78, 5) is 51.0. The number of nitrogens with one attached hydrogen (secondary N) is 3. The number of nitrogens with zero attached hydrogens (tertiary/aromatic N) is 3. The SMILES string of the molecule is CC(C)c1nc(CN(C)C(=O)N[C@@H](C(=O)N[C@@H](Cc2ccccc2)C[C@H](O)[C@H](Cc2ccccc2)NC(=O)O[13CH2][13c]2[13cH]ncs2)C(C)C)cs1. The third-order valence-corrected chi connectivity index (χ3v) is 10.1. The van der Waals surface area contributed by atoms with Crippen LogP contribution in [0.25, 0.3) is 0 Å². The minimum absolute atomic E-state index is 0.0671. The van der Waals surface area contributed by atoms with E-state index in [1.54, 1.807) is 30.1 Å². The highest BCUT2D eigenvalue weighted by Gasteiger charge is 2.31. The number of rotatable bonds is 17. The summed E-state index contributed by atoms with van der Waals surface area (Å²) in [7, 11) is 1.68. The first-order valence-corrected chi connectivity index (χ1v) is 18.6. The van der Waals surface area contributed by atoms with Crippen molar-refractivity contribution in [3.8, 4) is 0 Å². The molecule has 4 rings (SSSR count). The van der Waals surface area contributed by atoms with Crippen molar-refractivity contribution < 1.29 is 24.2 Å². The lowest BCUT2D eigenvalue weighted by molar-refractivity contribution is -0.124. The van der Waals surface area contributed by atoms with Gasteiger partial charge in [0, 0.05) is 30.6 Å². The first-order valence-electron chi connectivity index (χ1n) is 16.8. The summed E-state index contributed by atoms with van der Waals surface area (Å²) in [5, 5.41) is 23.5. The molecular weight excluding hydrogens is 676 g/mol. The van der Waals surface area contributed by atoms with Crippen LogP contribution in [0.15, 0.2) is 77.8 Å². The van der Waals surface area contributed by atoms with Gasteiger partial charge in [0.15, 0.2) is 0 Å². The van der Waals surface area contributed by atoms with E-state index in [9.17, 15) is 19.5 Å². The van der Waals surface area contributed by atoms with Crippen LogP contribution in [0.5, 0.6) is 0 Å². The predicted octanol–water partition coefficient (Wildman–Crippen LogP) is 5.91. The van der Waals surface area contributed by atoms with Gasteiger partial charge in [0.05, 0.1) is 39.8 Å². The molecule has 4 aromatic rings. The summed E-state index contributed by atoms with van der Waals surface area (Å²) in [6.45, 7) is 8.28. The van der Waals surface area contributed by atoms with Crippen molar-refractivity contribution in [3.05, 3.63) is 104 Å². The van der Waals surface area contributed by atoms with Crippen molar-refractivity contribution in [1.82, 2.24) is 30.8 Å². The Morgan fingerprint density at radius 1 is 0.900 bits per heavy atom. The van der Waals surface area contributed by atoms with Crippen LogP contribution in [0, 0.1) is 5.92 Å². The maximum Gasteiger partial charge on any atom is 0.407 e. The van der Waals surface area contributed by atoms with Crippen molar-refractivity contribution in [2.45, 2.75) is 90.3 Å². The monoisotopic (exact) mass is 723 g/mol. The highest BCUT2D eigenvalue weighted by molar-refractivity contribution is 7.09. The third kappa shape index (κ3) is 12.2. The first-order chi connectivity index (χ1) is 24.0. The summed E-state index contributed by atoms with van der Waals surface area (Å²) in [6.07, 6.45) is 0.836. The molecule has 0 saturated carbocycles. The number of carbonyl (C=O) groups excluding carboxylic acids is 3. The number of aliphatic hydroxyl groups excluding tert-OH is 1. The second-order valence-corrected chi connectivity index (χ2v) is 14.9. The molecule has 4 atom stereocenters. The number of ether oxygens (including phenoxy) is 1. The van der Waals surface area contributed by atoms with E-state index in [4.69, 9.17) is 4.74 Å². The molecule has 0 fully saturated rings. The van der Waals surface area contributed by atoms with Crippen LogP contribution in [0.3, 0.4) is 0 Å². The van der Waals surface area contributed by atoms with Crippen molar-refractivity contribution in [3.63, 3.8) is 0 Å². The van der Waals surface area contributed by atoms with Gasteiger partial charge in [0.25, 0.3) is 0 Å². The number of aromatic nitrogens is 2. The molecule has 0 unspecified atom stereocenters. The second kappa shape index (κ2) is 19.2. The standard InChI is InChI=1S/C37H48N6O5S2/c1-24(2)33(42-36(46)43(5)20-29-22-49-35(40-29)25(3)4)34(45)39-28(16-26-12-8-6-9-13-26)18-32(44)31(17-27-14-10-7-11-15-27)41-37(47)48-21-30-19-38-23-50-30/h6-15,19,22-25,28,31-33,44H,16-18,20-21H2,1-5H3,(H,39,45)(H,41,47)(H,42,46)/t28-,31-,32-,33+/m0/s1/i19+1,21+1,30+1. The lowest BCUT2D eigenvalue weighted by atomic mass is 9.93. The number of benzene rings is 2. The van der Waals surface area contributed by atoms with Crippen LogP contribution in [-0.2, 0) is 35.5 Å². The predicted molar refractivity (Wildman–Crippen MR) is 197 cm³/mol. The zero-order chi connectivity index (χ0) is 36.0. The number of amides is 4. The van der Waals surface area contributed by atoms with Gasteiger partial charge in [-0.2, -0.15) is 0 Å². The van der Waals surface area contributed by atoms with Gasteiger partial charge in [-0.15, -0.1) is 22.7 Å². The lowest BCUT2D eigenvalue weighted by Gasteiger charge is -2.30. The smallest absolute Gasteiger partial charge is 0.407 e. The van der Waals surface area contributed by atoms with Gasteiger partial charge in [-0.25, -0.2) is 14.6 Å². The number of urea groups is 1. The Morgan fingerprint density at radius 2 is 1.56 bits per heavy atom. The van der Waals surface area contributed by atoms with Gasteiger partial charge in [-0.1, -0.05) is 88.4 Å². The summed E-state index contributed by atoms with van der Waals surface area (Å²) in [5.41, 5.74) is 4.35. The van der Waals surface area contributed by atoms with Gasteiger partial charge in [-0.05, 0) is 36.3 Å². The fraction of sp³-hybridized carbons (Fsp3) is 0.432. The van der Waals surface area contributed by atoms with Gasteiger partial charge in [0.2, 0.25) is 5.91 Å². The maximum absolute atomic E-state index is 13.9. The largest absolute Gasteiger partial charge is 0.444 e. The zero-order valence-electron chi connectivity index (χ0n) is 29.2. The molecule has 0 aliphatic carbocycles. The number of alkyl carbamates (subject to hydrolysis) is 1. The number of thiazole rings is 2. The Morgan fingerprint density at radius 3 is 2.14 bits per heavy atom. The first kappa shape index (κ1) is 38.5. The molecule has 4 N–H and O–H groups in total. The molecule has 50 heavy (non-hydrogen) atoms. The van der Waals surface area contributed by atoms with Crippen LogP contribution < -0.4 is 16.0 Å². The van der Waals surface area contributed by atoms with Crippen molar-refractivity contribution in [2.75, 3.05) is 7.05 Å². The fourth-order valence-electron chi connectivity index (χ4n) is 5.39. The van der Waals surface area contributed by atoms with E-state index >= 15 is 0 Å². The minimum Gasteiger partial charge on any atom is -0.444 e. The molecule has 0 spiro atoms. The molecule has 268 valence electrons. The number of hydrogen-bond acceptors (Lipinski definition) is 9. The van der Waals surface area contributed by atoms with Gasteiger partial charge < -0.3 is 30.7 Å². The van der Waals surface area contributed by atoms with Crippen molar-refractivity contribution >= 4 is 40.7 Å². The van der Waals surface area contributed by atoms with Gasteiger partial charge in [0.1, 0.15) is 12.6 Å². The molecule has 0 aliphatic rings. The molecule has 0 bridgehead atoms. The molecule has 13 heteroatoms. The van der Waals surface area contributed by atoms with Crippen molar-refractivity contribution in [1.29, 1.82) is 0 Å². The molecule has 2 aromatic carbocycles. The summed E-state index contributed by atoms with van der Waals surface area (Å²) >= 11 is 2.95. The van der Waals surface area contributed by atoms with Crippen molar-refractivity contribution in [2.24, 2.45) is 5.92 Å². The summed E-state index contributed by atoms with van der Waals surface area (Å²) < 4.78 is 5.42. The summed E-state index contributed by atoms with van der Waals surface area (Å²) in [6, 6.07) is 16.8. The molecule has 11 nitrogen and oxygen atoms in total. The molecule has 0 aliphatic heterocycles. The topological polar surface area (TPSA) is 146 Å². The Kier molecular flexibility index (Phi) is 14.7. The van der Waals surface area contributed by atoms with E-state index in [2.05, 4.69) is 39.8 Å². The van der Waals surface area contributed by atoms with E-state index in [1.165, 1.54) is 16.2 Å². The average Bonchev–Trinajstić information content (AvgIpc) is 3.79. The Labute approximate surface area is 302 Å². The van der Waals surface area contributed by atoms with E-state index in [-0.39, 0.29) is 30.9 Å². The molecule has 2 aromatic heterocycles. The van der Waals surface area contributed by atoms with E-state index in [0.717, 1.165) is 26.7 Å². The molecule has 2 heterocycles. The zero-order valence-corrected chi connectivity index (χ0v) is 30.9. The van der Waals surface area contributed by atoms with Crippen LogP contribution in [0.2, 0.25) is 0 Å². The lowest BCUT2D eigenvalue weighted by Crippen LogP contribution is -2.55. The number of hydrogen-bond donors (Lipinski definition) is 4. The van der Waals surface area contributed by atoms with E-state index in [0.29, 0.717) is 25.3 Å². The maximum atomic E-state index is 13.9. The van der Waals surface area contributed by atoms with E-state index in [1.807, 2.05) is 79.9 Å². The number of carbonyl (C=O) groups is 3. The highest BCUT2D eigenvalue weighted by atomic mass is 32.1.